The molecule has 72 valence electrons. The van der Waals surface area contributed by atoms with E-state index in [1.165, 1.54) is 10.5 Å². The Balaban J connectivity index is 2.91. The summed E-state index contributed by atoms with van der Waals surface area (Å²) >= 11 is 5.89. The first-order chi connectivity index (χ1) is 6.72. The SMILES string of the molecule is NCc1cc(=O)n2cccc(Cl)c2n1. The van der Waals surface area contributed by atoms with Crippen LogP contribution in [0.15, 0.2) is 29.2 Å². The van der Waals surface area contributed by atoms with Gasteiger partial charge in [-0.2, -0.15) is 0 Å². The number of hydrogen-bond donors (Lipinski definition) is 1. The van der Waals surface area contributed by atoms with E-state index < -0.39 is 0 Å². The van der Waals surface area contributed by atoms with E-state index in [9.17, 15) is 4.79 Å². The average molecular weight is 210 g/mol. The molecule has 0 unspecified atom stereocenters. The van der Waals surface area contributed by atoms with Crippen LogP contribution >= 0.6 is 11.6 Å². The molecule has 2 N–H and O–H groups in total. The second-order valence-corrected chi connectivity index (χ2v) is 3.25. The summed E-state index contributed by atoms with van der Waals surface area (Å²) in [4.78, 5) is 15.7. The van der Waals surface area contributed by atoms with Crippen LogP contribution in [-0.4, -0.2) is 9.38 Å². The molecule has 0 spiro atoms. The van der Waals surface area contributed by atoms with Crippen molar-refractivity contribution in [2.45, 2.75) is 6.54 Å². The van der Waals surface area contributed by atoms with Gasteiger partial charge in [0.1, 0.15) is 0 Å². The Bertz CT molecular complexity index is 535. The quantitative estimate of drug-likeness (QED) is 0.756. The van der Waals surface area contributed by atoms with Crippen molar-refractivity contribution in [2.75, 3.05) is 0 Å². The van der Waals surface area contributed by atoms with Crippen LogP contribution in [0.25, 0.3) is 5.65 Å². The fourth-order valence-corrected chi connectivity index (χ4v) is 1.45. The Morgan fingerprint density at radius 3 is 3.07 bits per heavy atom. The van der Waals surface area contributed by atoms with Crippen molar-refractivity contribution in [2.24, 2.45) is 5.73 Å². The van der Waals surface area contributed by atoms with Crippen LogP contribution in [0.3, 0.4) is 0 Å². The van der Waals surface area contributed by atoms with Gasteiger partial charge in [-0.3, -0.25) is 9.20 Å². The standard InChI is InChI=1S/C9H8ClN3O/c10-7-2-1-3-13-8(14)4-6(5-11)12-9(7)13/h1-4H,5,11H2. The van der Waals surface area contributed by atoms with Crippen molar-refractivity contribution in [1.29, 1.82) is 0 Å². The molecule has 0 aromatic carbocycles. The molecule has 2 heterocycles. The van der Waals surface area contributed by atoms with Gasteiger partial charge in [0.2, 0.25) is 0 Å². The Morgan fingerprint density at radius 2 is 2.36 bits per heavy atom. The molecule has 0 amide bonds. The highest BCUT2D eigenvalue weighted by Gasteiger charge is 2.03. The second kappa shape index (κ2) is 3.40. The normalized spacial score (nSPS) is 10.7. The summed E-state index contributed by atoms with van der Waals surface area (Å²) in [5.74, 6) is 0. The van der Waals surface area contributed by atoms with Crippen molar-refractivity contribution < 1.29 is 0 Å². The molecular formula is C9H8ClN3O. The first kappa shape index (κ1) is 9.18. The number of fused-ring (bicyclic) bond motifs is 1. The topological polar surface area (TPSA) is 60.4 Å². The third-order valence-corrected chi connectivity index (χ3v) is 2.20. The molecule has 5 heteroatoms. The minimum absolute atomic E-state index is 0.169. The number of nitrogens with two attached hydrogens (primary N) is 1. The molecule has 4 nitrogen and oxygen atoms in total. The number of aromatic nitrogens is 2. The smallest absolute Gasteiger partial charge is 0.258 e. The van der Waals surface area contributed by atoms with Crippen molar-refractivity contribution in [3.05, 3.63) is 45.5 Å². The van der Waals surface area contributed by atoms with E-state index in [4.69, 9.17) is 17.3 Å². The van der Waals surface area contributed by atoms with Gasteiger partial charge in [-0.25, -0.2) is 4.98 Å². The van der Waals surface area contributed by atoms with Crippen molar-refractivity contribution >= 4 is 17.2 Å². The lowest BCUT2D eigenvalue weighted by molar-refractivity contribution is 0.943. The first-order valence-corrected chi connectivity index (χ1v) is 4.47. The number of halogens is 1. The molecule has 0 radical (unpaired) electrons. The summed E-state index contributed by atoms with van der Waals surface area (Å²) in [7, 11) is 0. The molecule has 0 aliphatic heterocycles. The number of hydrogen-bond acceptors (Lipinski definition) is 3. The summed E-state index contributed by atoms with van der Waals surface area (Å²) in [5.41, 5.74) is 6.23. The van der Waals surface area contributed by atoms with E-state index in [1.54, 1.807) is 18.3 Å². The summed E-state index contributed by atoms with van der Waals surface area (Å²) in [5, 5.41) is 0.444. The zero-order valence-electron chi connectivity index (χ0n) is 7.27. The summed E-state index contributed by atoms with van der Waals surface area (Å²) in [6.45, 7) is 0.233. The highest BCUT2D eigenvalue weighted by atomic mass is 35.5. The largest absolute Gasteiger partial charge is 0.325 e. The lowest BCUT2D eigenvalue weighted by Crippen LogP contribution is -2.16. The molecule has 2 aromatic rings. The summed E-state index contributed by atoms with van der Waals surface area (Å²) in [6.07, 6.45) is 1.62. The molecule has 0 saturated carbocycles. The number of rotatable bonds is 1. The van der Waals surface area contributed by atoms with Crippen LogP contribution in [0.1, 0.15) is 5.69 Å². The maximum atomic E-state index is 11.5. The molecule has 2 aromatic heterocycles. The van der Waals surface area contributed by atoms with Gasteiger partial charge in [0, 0.05) is 18.8 Å². The van der Waals surface area contributed by atoms with E-state index in [-0.39, 0.29) is 12.1 Å². The Hall–Kier alpha value is -1.39. The molecule has 0 atom stereocenters. The van der Waals surface area contributed by atoms with Gasteiger partial charge < -0.3 is 5.73 Å². The van der Waals surface area contributed by atoms with Gasteiger partial charge >= 0.3 is 0 Å². The molecule has 14 heavy (non-hydrogen) atoms. The highest BCUT2D eigenvalue weighted by molar-refractivity contribution is 6.33. The number of pyridine rings is 1. The van der Waals surface area contributed by atoms with Gasteiger partial charge in [-0.05, 0) is 12.1 Å². The van der Waals surface area contributed by atoms with E-state index in [0.29, 0.717) is 16.4 Å². The van der Waals surface area contributed by atoms with Crippen LogP contribution in [0.2, 0.25) is 5.02 Å². The van der Waals surface area contributed by atoms with Crippen molar-refractivity contribution in [3.63, 3.8) is 0 Å². The van der Waals surface area contributed by atoms with Crippen LogP contribution in [-0.2, 0) is 6.54 Å². The van der Waals surface area contributed by atoms with Crippen LogP contribution in [0, 0.1) is 0 Å². The van der Waals surface area contributed by atoms with E-state index in [1.807, 2.05) is 0 Å². The zero-order valence-corrected chi connectivity index (χ0v) is 8.03. The summed E-state index contributed by atoms with van der Waals surface area (Å²) in [6, 6.07) is 4.79. The third kappa shape index (κ3) is 1.38. The Labute approximate surface area is 84.9 Å². The molecule has 0 aliphatic carbocycles. The summed E-state index contributed by atoms with van der Waals surface area (Å²) < 4.78 is 1.39. The molecule has 2 rings (SSSR count). The maximum absolute atomic E-state index is 11.5. The van der Waals surface area contributed by atoms with Crippen LogP contribution < -0.4 is 11.3 Å². The van der Waals surface area contributed by atoms with E-state index in [0.717, 1.165) is 0 Å². The van der Waals surface area contributed by atoms with E-state index >= 15 is 0 Å². The highest BCUT2D eigenvalue weighted by Crippen LogP contribution is 2.12. The lowest BCUT2D eigenvalue weighted by Gasteiger charge is -2.02. The van der Waals surface area contributed by atoms with Crippen molar-refractivity contribution in [1.82, 2.24) is 9.38 Å². The molecule has 0 fully saturated rings. The molecule has 0 aliphatic rings. The van der Waals surface area contributed by atoms with Gasteiger partial charge in [0.25, 0.3) is 5.56 Å². The van der Waals surface area contributed by atoms with Gasteiger partial charge in [0.15, 0.2) is 5.65 Å². The van der Waals surface area contributed by atoms with Gasteiger partial charge in [0.05, 0.1) is 10.7 Å². The average Bonchev–Trinajstić information content (AvgIpc) is 2.19. The van der Waals surface area contributed by atoms with Gasteiger partial charge in [-0.15, -0.1) is 0 Å². The van der Waals surface area contributed by atoms with Gasteiger partial charge in [-0.1, -0.05) is 11.6 Å². The van der Waals surface area contributed by atoms with Crippen LogP contribution in [0.4, 0.5) is 0 Å². The molecular weight excluding hydrogens is 202 g/mol. The van der Waals surface area contributed by atoms with E-state index in [2.05, 4.69) is 4.98 Å². The third-order valence-electron chi connectivity index (χ3n) is 1.91. The minimum Gasteiger partial charge on any atom is -0.325 e. The maximum Gasteiger partial charge on any atom is 0.258 e. The predicted octanol–water partition coefficient (Wildman–Crippen LogP) is 0.807. The Kier molecular flexibility index (Phi) is 2.23. The Morgan fingerprint density at radius 1 is 1.57 bits per heavy atom. The van der Waals surface area contributed by atoms with Crippen LogP contribution in [0.5, 0.6) is 0 Å². The monoisotopic (exact) mass is 209 g/mol. The number of nitrogens with zero attached hydrogens (tertiary/aromatic N) is 2. The lowest BCUT2D eigenvalue weighted by atomic mass is 10.4. The second-order valence-electron chi connectivity index (χ2n) is 2.84. The predicted molar refractivity (Wildman–Crippen MR) is 54.4 cm³/mol. The zero-order chi connectivity index (χ0) is 10.1. The molecule has 0 bridgehead atoms. The first-order valence-electron chi connectivity index (χ1n) is 4.09. The fraction of sp³-hybridized carbons (Fsp3) is 0.111. The fourth-order valence-electron chi connectivity index (χ4n) is 1.24. The van der Waals surface area contributed by atoms with Crippen molar-refractivity contribution in [3.8, 4) is 0 Å². The minimum atomic E-state index is -0.169. The molecule has 0 saturated heterocycles.